The van der Waals surface area contributed by atoms with E-state index < -0.39 is 0 Å². The van der Waals surface area contributed by atoms with Crippen molar-refractivity contribution < 1.29 is 4.39 Å². The number of rotatable bonds is 7. The summed E-state index contributed by atoms with van der Waals surface area (Å²) in [6, 6.07) is 12.7. The Morgan fingerprint density at radius 3 is 2.59 bits per heavy atom. The highest BCUT2D eigenvalue weighted by molar-refractivity contribution is 5.65. The van der Waals surface area contributed by atoms with Crippen molar-refractivity contribution in [1.82, 2.24) is 15.2 Å². The summed E-state index contributed by atoms with van der Waals surface area (Å²) in [5.41, 5.74) is 4.50. The molecule has 0 spiro atoms. The second kappa shape index (κ2) is 8.58. The molecule has 0 aliphatic rings. The average Bonchev–Trinajstić information content (AvgIpc) is 2.65. The van der Waals surface area contributed by atoms with E-state index in [0.29, 0.717) is 24.2 Å². The first-order valence-electron chi connectivity index (χ1n) is 9.07. The molecule has 1 heterocycles. The van der Waals surface area contributed by atoms with Gasteiger partial charge in [-0.15, -0.1) is 5.10 Å². The maximum absolute atomic E-state index is 13.0. The summed E-state index contributed by atoms with van der Waals surface area (Å²) in [6.07, 6.45) is 2.36. The van der Waals surface area contributed by atoms with Gasteiger partial charge in [-0.25, -0.2) is 4.39 Å². The average molecular weight is 365 g/mol. The number of benzene rings is 2. The molecule has 6 heteroatoms. The Labute approximate surface area is 159 Å². The molecular formula is C21H24FN5. The molecule has 0 fully saturated rings. The Morgan fingerprint density at radius 1 is 1.07 bits per heavy atom. The smallest absolute Gasteiger partial charge is 0.244 e. The van der Waals surface area contributed by atoms with Crippen LogP contribution in [-0.4, -0.2) is 21.7 Å². The predicted octanol–water partition coefficient (Wildman–Crippen LogP) is 4.84. The number of anilines is 3. The lowest BCUT2D eigenvalue weighted by atomic mass is 9.98. The molecule has 27 heavy (non-hydrogen) atoms. The topological polar surface area (TPSA) is 62.7 Å². The van der Waals surface area contributed by atoms with Crippen molar-refractivity contribution >= 4 is 17.5 Å². The molecule has 0 aliphatic carbocycles. The number of aromatic nitrogens is 3. The van der Waals surface area contributed by atoms with Crippen LogP contribution in [0.3, 0.4) is 0 Å². The van der Waals surface area contributed by atoms with Crippen molar-refractivity contribution in [1.29, 1.82) is 0 Å². The fraction of sp³-hybridized carbons (Fsp3) is 0.286. The van der Waals surface area contributed by atoms with Crippen molar-refractivity contribution in [2.45, 2.75) is 33.1 Å². The summed E-state index contributed by atoms with van der Waals surface area (Å²) >= 11 is 0. The summed E-state index contributed by atoms with van der Waals surface area (Å²) in [4.78, 5) is 4.50. The third kappa shape index (κ3) is 5.00. The van der Waals surface area contributed by atoms with Gasteiger partial charge in [-0.05, 0) is 48.1 Å². The van der Waals surface area contributed by atoms with E-state index in [1.54, 1.807) is 18.3 Å². The number of nitrogens with zero attached hydrogens (tertiary/aromatic N) is 3. The van der Waals surface area contributed by atoms with Gasteiger partial charge >= 0.3 is 0 Å². The van der Waals surface area contributed by atoms with Gasteiger partial charge in [-0.1, -0.05) is 44.2 Å². The van der Waals surface area contributed by atoms with E-state index >= 15 is 0 Å². The van der Waals surface area contributed by atoms with Gasteiger partial charge in [0.15, 0.2) is 5.82 Å². The van der Waals surface area contributed by atoms with Crippen LogP contribution in [0.4, 0.5) is 21.8 Å². The highest BCUT2D eigenvalue weighted by Crippen LogP contribution is 2.29. The molecule has 0 saturated carbocycles. The monoisotopic (exact) mass is 365 g/mol. The molecule has 5 nitrogen and oxygen atoms in total. The predicted molar refractivity (Wildman–Crippen MR) is 107 cm³/mol. The molecule has 2 aromatic carbocycles. The first-order chi connectivity index (χ1) is 13.0. The number of para-hydroxylation sites is 1. The highest BCUT2D eigenvalue weighted by Gasteiger charge is 2.10. The van der Waals surface area contributed by atoms with Gasteiger partial charge in [-0.3, -0.25) is 0 Å². The molecule has 3 aromatic rings. The summed E-state index contributed by atoms with van der Waals surface area (Å²) in [5, 5.41) is 14.6. The largest absolute Gasteiger partial charge is 0.353 e. The first-order valence-corrected chi connectivity index (χ1v) is 9.07. The molecule has 3 rings (SSSR count). The standard InChI is InChI=1S/C21H24FN5/c1-14(2)18-6-4-5-15(3)20(18)25-19-13-24-27-21(26-19)23-12-11-16-7-9-17(22)10-8-16/h4-10,13-14H,11-12H2,1-3H3,(H2,23,25,26,27). The van der Waals surface area contributed by atoms with Gasteiger partial charge in [0.05, 0.1) is 6.20 Å². The Bertz CT molecular complexity index is 893. The SMILES string of the molecule is Cc1cccc(C(C)C)c1Nc1cnnc(NCCc2ccc(F)cc2)n1. The number of halogens is 1. The van der Waals surface area contributed by atoms with Crippen molar-refractivity contribution in [2.75, 3.05) is 17.2 Å². The molecule has 0 amide bonds. The number of aryl methyl sites for hydroxylation is 1. The number of hydrogen-bond donors (Lipinski definition) is 2. The minimum atomic E-state index is -0.227. The fourth-order valence-electron chi connectivity index (χ4n) is 2.88. The molecule has 140 valence electrons. The van der Waals surface area contributed by atoms with Gasteiger partial charge in [0.2, 0.25) is 5.95 Å². The zero-order valence-corrected chi connectivity index (χ0v) is 15.8. The van der Waals surface area contributed by atoms with Crippen LogP contribution in [0, 0.1) is 12.7 Å². The van der Waals surface area contributed by atoms with Crippen LogP contribution in [0.2, 0.25) is 0 Å². The number of hydrogen-bond acceptors (Lipinski definition) is 5. The van der Waals surface area contributed by atoms with Crippen molar-refractivity contribution in [3.8, 4) is 0 Å². The van der Waals surface area contributed by atoms with E-state index in [1.807, 2.05) is 0 Å². The Hall–Kier alpha value is -3.02. The maximum atomic E-state index is 13.0. The first kappa shape index (κ1) is 18.8. The minimum absolute atomic E-state index is 0.227. The quantitative estimate of drug-likeness (QED) is 0.627. The van der Waals surface area contributed by atoms with Crippen LogP contribution in [-0.2, 0) is 6.42 Å². The molecule has 0 atom stereocenters. The van der Waals surface area contributed by atoms with E-state index in [1.165, 1.54) is 17.7 Å². The molecule has 1 aromatic heterocycles. The maximum Gasteiger partial charge on any atom is 0.244 e. The molecule has 0 radical (unpaired) electrons. The summed E-state index contributed by atoms with van der Waals surface area (Å²) in [7, 11) is 0. The van der Waals surface area contributed by atoms with E-state index in [-0.39, 0.29) is 5.82 Å². The highest BCUT2D eigenvalue weighted by atomic mass is 19.1. The zero-order chi connectivity index (χ0) is 19.2. The van der Waals surface area contributed by atoms with Crippen LogP contribution < -0.4 is 10.6 Å². The third-order valence-electron chi connectivity index (χ3n) is 4.35. The van der Waals surface area contributed by atoms with Gasteiger partial charge in [0.1, 0.15) is 5.82 Å². The van der Waals surface area contributed by atoms with Gasteiger partial charge in [-0.2, -0.15) is 10.1 Å². The summed E-state index contributed by atoms with van der Waals surface area (Å²) < 4.78 is 13.0. The zero-order valence-electron chi connectivity index (χ0n) is 15.8. The number of nitrogens with one attached hydrogen (secondary N) is 2. The third-order valence-corrected chi connectivity index (χ3v) is 4.35. The Morgan fingerprint density at radius 2 is 1.85 bits per heavy atom. The van der Waals surface area contributed by atoms with Crippen LogP contribution in [0.25, 0.3) is 0 Å². The van der Waals surface area contributed by atoms with Crippen LogP contribution in [0.15, 0.2) is 48.7 Å². The minimum Gasteiger partial charge on any atom is -0.353 e. The molecule has 0 unspecified atom stereocenters. The normalized spacial score (nSPS) is 10.9. The van der Waals surface area contributed by atoms with Gasteiger partial charge in [0, 0.05) is 12.2 Å². The van der Waals surface area contributed by atoms with E-state index in [9.17, 15) is 4.39 Å². The lowest BCUT2D eigenvalue weighted by Gasteiger charge is -2.16. The summed E-state index contributed by atoms with van der Waals surface area (Å²) in [5.74, 6) is 1.28. The van der Waals surface area contributed by atoms with Gasteiger partial charge in [0.25, 0.3) is 0 Å². The molecular weight excluding hydrogens is 341 g/mol. The van der Waals surface area contributed by atoms with E-state index in [0.717, 1.165) is 23.2 Å². The molecule has 0 saturated heterocycles. The fourth-order valence-corrected chi connectivity index (χ4v) is 2.88. The van der Waals surface area contributed by atoms with E-state index in [4.69, 9.17) is 0 Å². The Balaban J connectivity index is 1.66. The lowest BCUT2D eigenvalue weighted by Crippen LogP contribution is -2.10. The van der Waals surface area contributed by atoms with Gasteiger partial charge < -0.3 is 10.6 Å². The second-order valence-electron chi connectivity index (χ2n) is 6.79. The van der Waals surface area contributed by atoms with Crippen molar-refractivity contribution in [3.63, 3.8) is 0 Å². The van der Waals surface area contributed by atoms with E-state index in [2.05, 4.69) is 64.8 Å². The molecule has 0 aliphatic heterocycles. The van der Waals surface area contributed by atoms with Crippen LogP contribution >= 0.6 is 0 Å². The van der Waals surface area contributed by atoms with Crippen LogP contribution in [0.5, 0.6) is 0 Å². The summed E-state index contributed by atoms with van der Waals surface area (Å²) in [6.45, 7) is 7.05. The molecule has 0 bridgehead atoms. The van der Waals surface area contributed by atoms with Crippen molar-refractivity contribution in [2.24, 2.45) is 0 Å². The Kier molecular flexibility index (Phi) is 5.96. The molecule has 2 N–H and O–H groups in total. The lowest BCUT2D eigenvalue weighted by molar-refractivity contribution is 0.627. The van der Waals surface area contributed by atoms with Crippen LogP contribution in [0.1, 0.15) is 36.5 Å². The van der Waals surface area contributed by atoms with Crippen molar-refractivity contribution in [3.05, 3.63) is 71.2 Å². The second-order valence-corrected chi connectivity index (χ2v) is 6.79.